The molecule has 184 valence electrons. The Bertz CT molecular complexity index is 1210. The van der Waals surface area contributed by atoms with Gasteiger partial charge in [0, 0.05) is 18.8 Å². The summed E-state index contributed by atoms with van der Waals surface area (Å²) in [4.78, 5) is 26.3. The number of hydrogen-bond acceptors (Lipinski definition) is 6. The summed E-state index contributed by atoms with van der Waals surface area (Å²) in [6.07, 6.45) is 1.98. The van der Waals surface area contributed by atoms with Gasteiger partial charge in [-0.25, -0.2) is 4.79 Å². The molecule has 7 nitrogen and oxygen atoms in total. The fraction of sp³-hybridized carbons (Fsp3) is 0.276. The number of nitrogens with one attached hydrogen (secondary N) is 1. The summed E-state index contributed by atoms with van der Waals surface area (Å²) in [5, 5.41) is 12.9. The maximum Gasteiger partial charge on any atom is 0.337 e. The largest absolute Gasteiger partial charge is 0.465 e. The standard InChI is InChI=1S/C29H29N3O4/c1-35-28(34)23-9-7-22(8-10-23)19-29(21-30)15-17-32(18-16-29)20-27(33)31-24-11-13-26(14-12-24)36-25-5-3-2-4-6-25/h2-14H,15-20H2,1H3,(H,31,33). The monoisotopic (exact) mass is 483 g/mol. The minimum absolute atomic E-state index is 0.0883. The number of benzene rings is 3. The molecule has 7 heteroatoms. The fourth-order valence-corrected chi connectivity index (χ4v) is 4.37. The smallest absolute Gasteiger partial charge is 0.337 e. The van der Waals surface area contributed by atoms with Gasteiger partial charge in [-0.05, 0) is 73.4 Å². The Morgan fingerprint density at radius 1 is 0.944 bits per heavy atom. The van der Waals surface area contributed by atoms with E-state index in [-0.39, 0.29) is 18.4 Å². The van der Waals surface area contributed by atoms with Crippen LogP contribution in [0.15, 0.2) is 78.9 Å². The number of likely N-dealkylation sites (tertiary alicyclic amines) is 1. The number of nitrogens with zero attached hydrogens (tertiary/aromatic N) is 2. The van der Waals surface area contributed by atoms with Crippen LogP contribution in [0.2, 0.25) is 0 Å². The predicted molar refractivity (Wildman–Crippen MR) is 137 cm³/mol. The molecule has 0 spiro atoms. The summed E-state index contributed by atoms with van der Waals surface area (Å²) in [6, 6.07) is 26.5. The summed E-state index contributed by atoms with van der Waals surface area (Å²) in [5.41, 5.74) is 1.73. The average Bonchev–Trinajstić information content (AvgIpc) is 2.91. The van der Waals surface area contributed by atoms with Gasteiger partial charge in [0.2, 0.25) is 5.91 Å². The molecular weight excluding hydrogens is 454 g/mol. The van der Waals surface area contributed by atoms with Crippen molar-refractivity contribution in [3.63, 3.8) is 0 Å². The Hall–Kier alpha value is -4.15. The van der Waals surface area contributed by atoms with Gasteiger partial charge >= 0.3 is 5.97 Å². The predicted octanol–water partition coefficient (Wildman–Crippen LogP) is 5.05. The van der Waals surface area contributed by atoms with Crippen molar-refractivity contribution in [2.45, 2.75) is 19.3 Å². The highest BCUT2D eigenvalue weighted by Crippen LogP contribution is 2.34. The summed E-state index contributed by atoms with van der Waals surface area (Å²) in [5.74, 6) is 0.989. The van der Waals surface area contributed by atoms with Gasteiger partial charge in [0.1, 0.15) is 11.5 Å². The molecule has 4 rings (SSSR count). The van der Waals surface area contributed by atoms with Gasteiger partial charge in [-0.1, -0.05) is 30.3 Å². The van der Waals surface area contributed by atoms with E-state index >= 15 is 0 Å². The lowest BCUT2D eigenvalue weighted by Gasteiger charge is -2.37. The summed E-state index contributed by atoms with van der Waals surface area (Å²) < 4.78 is 10.5. The molecule has 1 N–H and O–H groups in total. The molecule has 0 saturated carbocycles. The van der Waals surface area contributed by atoms with E-state index in [9.17, 15) is 14.9 Å². The summed E-state index contributed by atoms with van der Waals surface area (Å²) in [7, 11) is 1.35. The zero-order valence-electron chi connectivity index (χ0n) is 20.3. The second-order valence-electron chi connectivity index (χ2n) is 9.02. The molecule has 0 aromatic heterocycles. The molecule has 3 aromatic carbocycles. The van der Waals surface area contributed by atoms with Crippen molar-refractivity contribution in [1.82, 2.24) is 4.90 Å². The number of carbonyl (C=O) groups excluding carboxylic acids is 2. The molecule has 0 bridgehead atoms. The van der Waals surface area contributed by atoms with Gasteiger partial charge in [-0.3, -0.25) is 9.69 Å². The lowest BCUT2D eigenvalue weighted by atomic mass is 9.75. The third kappa shape index (κ3) is 6.49. The van der Waals surface area contributed by atoms with Gasteiger partial charge < -0.3 is 14.8 Å². The maximum absolute atomic E-state index is 12.6. The number of amides is 1. The van der Waals surface area contributed by atoms with E-state index in [1.807, 2.05) is 66.7 Å². The van der Waals surface area contributed by atoms with Crippen molar-refractivity contribution in [2.24, 2.45) is 5.41 Å². The second-order valence-corrected chi connectivity index (χ2v) is 9.02. The van der Waals surface area contributed by atoms with Crippen LogP contribution in [-0.4, -0.2) is 43.5 Å². The Morgan fingerprint density at radius 2 is 1.58 bits per heavy atom. The van der Waals surface area contributed by atoms with Crippen molar-refractivity contribution in [1.29, 1.82) is 5.26 Å². The number of rotatable bonds is 8. The Morgan fingerprint density at radius 3 is 2.19 bits per heavy atom. The van der Waals surface area contributed by atoms with Crippen molar-refractivity contribution in [3.05, 3.63) is 90.0 Å². The topological polar surface area (TPSA) is 91.7 Å². The van der Waals surface area contributed by atoms with Crippen LogP contribution < -0.4 is 10.1 Å². The van der Waals surface area contributed by atoms with Crippen LogP contribution in [0, 0.1) is 16.7 Å². The molecule has 0 radical (unpaired) electrons. The van der Waals surface area contributed by atoms with Gasteiger partial charge in [0.05, 0.1) is 30.7 Å². The number of ether oxygens (including phenoxy) is 2. The Labute approximate surface area is 211 Å². The van der Waals surface area contributed by atoms with E-state index in [2.05, 4.69) is 16.3 Å². The highest BCUT2D eigenvalue weighted by molar-refractivity contribution is 5.92. The van der Waals surface area contributed by atoms with E-state index < -0.39 is 5.41 Å². The molecule has 1 amide bonds. The van der Waals surface area contributed by atoms with Crippen molar-refractivity contribution < 1.29 is 19.1 Å². The van der Waals surface area contributed by atoms with Crippen molar-refractivity contribution in [3.8, 4) is 17.6 Å². The number of methoxy groups -OCH3 is 1. The molecule has 0 aliphatic carbocycles. The molecule has 1 fully saturated rings. The molecule has 36 heavy (non-hydrogen) atoms. The molecular formula is C29H29N3O4. The highest BCUT2D eigenvalue weighted by atomic mass is 16.5. The normalized spacial score (nSPS) is 14.9. The first-order chi connectivity index (χ1) is 17.5. The van der Waals surface area contributed by atoms with Crippen LogP contribution >= 0.6 is 0 Å². The zero-order valence-corrected chi connectivity index (χ0v) is 20.3. The SMILES string of the molecule is COC(=O)c1ccc(CC2(C#N)CCN(CC(=O)Nc3ccc(Oc4ccccc4)cc3)CC2)cc1. The average molecular weight is 484 g/mol. The lowest BCUT2D eigenvalue weighted by Crippen LogP contribution is -2.43. The van der Waals surface area contributed by atoms with Crippen molar-refractivity contribution >= 4 is 17.6 Å². The maximum atomic E-state index is 12.6. The van der Waals surface area contributed by atoms with Gasteiger partial charge in [-0.15, -0.1) is 0 Å². The number of hydrogen-bond donors (Lipinski definition) is 1. The third-order valence-electron chi connectivity index (χ3n) is 6.45. The van der Waals surface area contributed by atoms with E-state index in [4.69, 9.17) is 9.47 Å². The van der Waals surface area contributed by atoms with Crippen LogP contribution in [0.1, 0.15) is 28.8 Å². The number of esters is 1. The van der Waals surface area contributed by atoms with Crippen molar-refractivity contribution in [2.75, 3.05) is 32.1 Å². The van der Waals surface area contributed by atoms with E-state index in [1.54, 1.807) is 12.1 Å². The minimum atomic E-state index is -0.478. The number of piperidine rings is 1. The number of anilines is 1. The molecule has 0 unspecified atom stereocenters. The third-order valence-corrected chi connectivity index (χ3v) is 6.45. The molecule has 3 aromatic rings. The molecule has 1 saturated heterocycles. The Kier molecular flexibility index (Phi) is 7.99. The van der Waals surface area contributed by atoms with Gasteiger partial charge in [-0.2, -0.15) is 5.26 Å². The van der Waals surface area contributed by atoms with Gasteiger partial charge in [0.25, 0.3) is 0 Å². The van der Waals surface area contributed by atoms with E-state index in [1.165, 1.54) is 7.11 Å². The second kappa shape index (κ2) is 11.5. The first-order valence-electron chi connectivity index (χ1n) is 11.9. The minimum Gasteiger partial charge on any atom is -0.465 e. The van der Waals surface area contributed by atoms with Crippen LogP contribution in [0.4, 0.5) is 5.69 Å². The molecule has 1 aliphatic heterocycles. The van der Waals surface area contributed by atoms with Crippen LogP contribution in [-0.2, 0) is 16.0 Å². The van der Waals surface area contributed by atoms with Crippen LogP contribution in [0.25, 0.3) is 0 Å². The first-order valence-corrected chi connectivity index (χ1v) is 11.9. The Balaban J connectivity index is 1.25. The van der Waals surface area contributed by atoms with Crippen LogP contribution in [0.3, 0.4) is 0 Å². The first kappa shape index (κ1) is 25.0. The zero-order chi connectivity index (χ0) is 25.4. The lowest BCUT2D eigenvalue weighted by molar-refractivity contribution is -0.117. The quantitative estimate of drug-likeness (QED) is 0.451. The molecule has 1 heterocycles. The summed E-state index contributed by atoms with van der Waals surface area (Å²) >= 11 is 0. The number of carbonyl (C=O) groups is 2. The van der Waals surface area contributed by atoms with Crippen LogP contribution in [0.5, 0.6) is 11.5 Å². The highest BCUT2D eigenvalue weighted by Gasteiger charge is 2.35. The molecule has 0 atom stereocenters. The number of nitriles is 1. The summed E-state index contributed by atoms with van der Waals surface area (Å²) in [6.45, 7) is 1.62. The van der Waals surface area contributed by atoms with Gasteiger partial charge in [0.15, 0.2) is 0 Å². The fourth-order valence-electron chi connectivity index (χ4n) is 4.37. The van der Waals surface area contributed by atoms with E-state index in [0.29, 0.717) is 49.4 Å². The van der Waals surface area contributed by atoms with E-state index in [0.717, 1.165) is 11.3 Å². The molecule has 1 aliphatic rings. The number of para-hydroxylation sites is 1.